The first-order chi connectivity index (χ1) is 8.33. The fourth-order valence-electron chi connectivity index (χ4n) is 1.62. The molecule has 0 amide bonds. The number of aliphatic hydroxyl groups excluding tert-OH is 1. The van der Waals surface area contributed by atoms with E-state index in [1.807, 2.05) is 6.92 Å². The summed E-state index contributed by atoms with van der Waals surface area (Å²) in [6.07, 6.45) is -2.98. The molecular weight excluding hydrogens is 245 g/mol. The Bertz CT molecular complexity index is 363. The zero-order chi connectivity index (χ0) is 13.8. The summed E-state index contributed by atoms with van der Waals surface area (Å²) in [4.78, 5) is 5.19. The number of pyridine rings is 1. The molecule has 18 heavy (non-hydrogen) atoms. The summed E-state index contributed by atoms with van der Waals surface area (Å²) in [6, 6.07) is 3.09. The normalized spacial score (nSPS) is 13.4. The number of hydrogen-bond donors (Lipinski definition) is 1. The standard InChI is InChI=1S/C12H17F3N2O/c1-3-6-17(8-12(13,14)15)10-4-5-11(9(2)18)16-7-10/h4-5,7,9,18H,3,6,8H2,1-2H3/t9-/m0/s1. The van der Waals surface area contributed by atoms with Crippen LogP contribution in [0.2, 0.25) is 0 Å². The van der Waals surface area contributed by atoms with Gasteiger partial charge in [-0.1, -0.05) is 6.92 Å². The van der Waals surface area contributed by atoms with E-state index in [1.165, 1.54) is 11.1 Å². The lowest BCUT2D eigenvalue weighted by Gasteiger charge is -2.25. The molecule has 0 radical (unpaired) electrons. The summed E-state index contributed by atoms with van der Waals surface area (Å²) >= 11 is 0. The van der Waals surface area contributed by atoms with Gasteiger partial charge in [0.05, 0.1) is 23.7 Å². The lowest BCUT2D eigenvalue weighted by atomic mass is 10.2. The SMILES string of the molecule is CCCN(CC(F)(F)F)c1ccc([C@H](C)O)nc1. The molecule has 1 rings (SSSR count). The van der Waals surface area contributed by atoms with Crippen LogP contribution in [0.25, 0.3) is 0 Å². The largest absolute Gasteiger partial charge is 0.405 e. The number of anilines is 1. The molecule has 0 aliphatic rings. The number of nitrogens with zero attached hydrogens (tertiary/aromatic N) is 2. The van der Waals surface area contributed by atoms with Crippen LogP contribution in [0, 0.1) is 0 Å². The Kier molecular flexibility index (Phi) is 4.95. The zero-order valence-corrected chi connectivity index (χ0v) is 10.4. The molecule has 0 bridgehead atoms. The molecule has 0 aliphatic carbocycles. The number of aromatic nitrogens is 1. The van der Waals surface area contributed by atoms with Crippen molar-refractivity contribution in [2.45, 2.75) is 32.5 Å². The van der Waals surface area contributed by atoms with Crippen molar-refractivity contribution in [3.8, 4) is 0 Å². The third-order valence-corrected chi connectivity index (χ3v) is 2.43. The van der Waals surface area contributed by atoms with Crippen LogP contribution in [-0.2, 0) is 0 Å². The molecule has 0 saturated heterocycles. The Balaban J connectivity index is 2.85. The van der Waals surface area contributed by atoms with Gasteiger partial charge in [0.1, 0.15) is 6.54 Å². The fourth-order valence-corrected chi connectivity index (χ4v) is 1.62. The van der Waals surface area contributed by atoms with Crippen molar-refractivity contribution in [1.29, 1.82) is 0 Å². The van der Waals surface area contributed by atoms with Crippen LogP contribution >= 0.6 is 0 Å². The molecule has 0 saturated carbocycles. The predicted molar refractivity (Wildman–Crippen MR) is 63.4 cm³/mol. The molecule has 0 unspecified atom stereocenters. The van der Waals surface area contributed by atoms with Gasteiger partial charge < -0.3 is 10.0 Å². The maximum absolute atomic E-state index is 12.4. The van der Waals surface area contributed by atoms with Crippen molar-refractivity contribution in [3.63, 3.8) is 0 Å². The van der Waals surface area contributed by atoms with E-state index >= 15 is 0 Å². The number of halogens is 3. The van der Waals surface area contributed by atoms with Gasteiger partial charge in [-0.05, 0) is 25.5 Å². The van der Waals surface area contributed by atoms with E-state index < -0.39 is 18.8 Å². The van der Waals surface area contributed by atoms with Crippen LogP contribution in [0.1, 0.15) is 32.1 Å². The van der Waals surface area contributed by atoms with Crippen molar-refractivity contribution in [2.75, 3.05) is 18.0 Å². The van der Waals surface area contributed by atoms with Crippen LogP contribution in [0.3, 0.4) is 0 Å². The first-order valence-electron chi connectivity index (χ1n) is 5.79. The summed E-state index contributed by atoms with van der Waals surface area (Å²) in [6.45, 7) is 2.70. The molecule has 1 atom stereocenters. The lowest BCUT2D eigenvalue weighted by molar-refractivity contribution is -0.119. The Labute approximate surface area is 104 Å². The lowest BCUT2D eigenvalue weighted by Crippen LogP contribution is -2.34. The van der Waals surface area contributed by atoms with Crippen molar-refractivity contribution >= 4 is 5.69 Å². The minimum atomic E-state index is -4.24. The smallest absolute Gasteiger partial charge is 0.387 e. The Morgan fingerprint density at radius 1 is 1.39 bits per heavy atom. The monoisotopic (exact) mass is 262 g/mol. The molecule has 0 fully saturated rings. The molecule has 1 heterocycles. The molecule has 0 aliphatic heterocycles. The van der Waals surface area contributed by atoms with E-state index in [2.05, 4.69) is 4.98 Å². The number of alkyl halides is 3. The maximum atomic E-state index is 12.4. The number of aliphatic hydroxyl groups is 1. The van der Waals surface area contributed by atoms with Gasteiger partial charge in [0.15, 0.2) is 0 Å². The van der Waals surface area contributed by atoms with Crippen LogP contribution in [0.4, 0.5) is 18.9 Å². The van der Waals surface area contributed by atoms with Gasteiger partial charge >= 0.3 is 6.18 Å². The molecule has 6 heteroatoms. The highest BCUT2D eigenvalue weighted by molar-refractivity contribution is 5.44. The second-order valence-corrected chi connectivity index (χ2v) is 4.15. The maximum Gasteiger partial charge on any atom is 0.405 e. The fraction of sp³-hybridized carbons (Fsp3) is 0.583. The Morgan fingerprint density at radius 3 is 2.44 bits per heavy atom. The molecule has 1 N–H and O–H groups in total. The highest BCUT2D eigenvalue weighted by atomic mass is 19.4. The third-order valence-electron chi connectivity index (χ3n) is 2.43. The Morgan fingerprint density at radius 2 is 2.06 bits per heavy atom. The minimum absolute atomic E-state index is 0.315. The molecular formula is C12H17F3N2O. The van der Waals surface area contributed by atoms with Crippen LogP contribution in [0.5, 0.6) is 0 Å². The van der Waals surface area contributed by atoms with Crippen LogP contribution in [0.15, 0.2) is 18.3 Å². The summed E-state index contributed by atoms with van der Waals surface area (Å²) in [5, 5.41) is 9.29. The minimum Gasteiger partial charge on any atom is -0.387 e. The molecule has 1 aromatic rings. The van der Waals surface area contributed by atoms with Crippen LogP contribution < -0.4 is 4.90 Å². The van der Waals surface area contributed by atoms with E-state index in [4.69, 9.17) is 0 Å². The predicted octanol–water partition coefficient (Wildman–Crippen LogP) is 2.91. The number of rotatable bonds is 5. The van der Waals surface area contributed by atoms with Gasteiger partial charge in [0.2, 0.25) is 0 Å². The van der Waals surface area contributed by atoms with Gasteiger partial charge in [-0.3, -0.25) is 4.98 Å². The molecule has 3 nitrogen and oxygen atoms in total. The molecule has 0 aromatic carbocycles. The summed E-state index contributed by atoms with van der Waals surface area (Å²) in [7, 11) is 0. The highest BCUT2D eigenvalue weighted by Gasteiger charge is 2.30. The van der Waals surface area contributed by atoms with Crippen LogP contribution in [-0.4, -0.2) is 29.4 Å². The van der Waals surface area contributed by atoms with E-state index in [9.17, 15) is 18.3 Å². The summed E-state index contributed by atoms with van der Waals surface area (Å²) in [5.41, 5.74) is 0.862. The molecule has 1 aromatic heterocycles. The van der Waals surface area contributed by atoms with Gasteiger partial charge in [-0.15, -0.1) is 0 Å². The number of hydrogen-bond acceptors (Lipinski definition) is 3. The average molecular weight is 262 g/mol. The molecule has 102 valence electrons. The highest BCUT2D eigenvalue weighted by Crippen LogP contribution is 2.22. The van der Waals surface area contributed by atoms with Crippen molar-refractivity contribution < 1.29 is 18.3 Å². The quantitative estimate of drug-likeness (QED) is 0.886. The van der Waals surface area contributed by atoms with E-state index in [1.54, 1.807) is 19.1 Å². The van der Waals surface area contributed by atoms with E-state index in [0.29, 0.717) is 24.3 Å². The van der Waals surface area contributed by atoms with Crippen molar-refractivity contribution in [3.05, 3.63) is 24.0 Å². The topological polar surface area (TPSA) is 36.4 Å². The summed E-state index contributed by atoms with van der Waals surface area (Å²) < 4.78 is 37.3. The second kappa shape index (κ2) is 6.04. The zero-order valence-electron chi connectivity index (χ0n) is 10.4. The van der Waals surface area contributed by atoms with E-state index in [0.717, 1.165) is 0 Å². The van der Waals surface area contributed by atoms with Gasteiger partial charge in [0, 0.05) is 6.54 Å². The average Bonchev–Trinajstić information content (AvgIpc) is 2.27. The van der Waals surface area contributed by atoms with Gasteiger partial charge in [-0.25, -0.2) is 0 Å². The van der Waals surface area contributed by atoms with Gasteiger partial charge in [-0.2, -0.15) is 13.2 Å². The van der Waals surface area contributed by atoms with Crippen molar-refractivity contribution in [1.82, 2.24) is 4.98 Å². The summed E-state index contributed by atoms with van der Waals surface area (Å²) in [5.74, 6) is 0. The van der Waals surface area contributed by atoms with E-state index in [-0.39, 0.29) is 0 Å². The molecule has 0 spiro atoms. The third kappa shape index (κ3) is 4.52. The first kappa shape index (κ1) is 14.8. The van der Waals surface area contributed by atoms with Gasteiger partial charge in [0.25, 0.3) is 0 Å². The van der Waals surface area contributed by atoms with Crippen molar-refractivity contribution in [2.24, 2.45) is 0 Å². The Hall–Kier alpha value is -1.30. The second-order valence-electron chi connectivity index (χ2n) is 4.15. The first-order valence-corrected chi connectivity index (χ1v) is 5.79.